The summed E-state index contributed by atoms with van der Waals surface area (Å²) in [5.41, 5.74) is 1.56. The number of aliphatic hydroxyl groups is 1. The normalized spacial score (nSPS) is 9.81. The molecule has 0 aliphatic carbocycles. The molecule has 0 radical (unpaired) electrons. The lowest BCUT2D eigenvalue weighted by atomic mass is 10.2. The number of halogens is 1. The van der Waals surface area contributed by atoms with Crippen molar-refractivity contribution in [3.8, 4) is 11.8 Å². The third-order valence-electron chi connectivity index (χ3n) is 2.66. The fourth-order valence-electron chi connectivity index (χ4n) is 1.69. The van der Waals surface area contributed by atoms with Crippen molar-refractivity contribution in [2.24, 2.45) is 0 Å². The number of nitrogens with one attached hydrogen (secondary N) is 1. The summed E-state index contributed by atoms with van der Waals surface area (Å²) in [6, 6.07) is 6.25. The highest BCUT2D eigenvalue weighted by Crippen LogP contribution is 2.16. The molecule has 0 fully saturated rings. The van der Waals surface area contributed by atoms with Gasteiger partial charge in [-0.2, -0.15) is 11.3 Å². The van der Waals surface area contributed by atoms with E-state index in [0.717, 1.165) is 5.56 Å². The maximum Gasteiger partial charge on any atom is 0.228 e. The molecular weight excluding hydrogens is 289 g/mol. The van der Waals surface area contributed by atoms with Crippen molar-refractivity contribution in [2.75, 3.05) is 11.9 Å². The Hall–Kier alpha value is -2.16. The van der Waals surface area contributed by atoms with Crippen LogP contribution in [0.1, 0.15) is 17.5 Å². The van der Waals surface area contributed by atoms with Gasteiger partial charge in [-0.25, -0.2) is 4.39 Å². The lowest BCUT2D eigenvalue weighted by Crippen LogP contribution is -2.15. The summed E-state index contributed by atoms with van der Waals surface area (Å²) in [4.78, 5) is 11.8. The molecule has 3 nitrogen and oxygen atoms in total. The van der Waals surface area contributed by atoms with E-state index in [0.29, 0.717) is 12.0 Å². The number of carbonyl (C=O) groups excluding carboxylic acids is 1. The van der Waals surface area contributed by atoms with Crippen LogP contribution in [0.5, 0.6) is 0 Å². The quantitative estimate of drug-likeness (QED) is 0.853. The lowest BCUT2D eigenvalue weighted by molar-refractivity contribution is -0.115. The Balaban J connectivity index is 2.01. The average molecular weight is 303 g/mol. The zero-order chi connectivity index (χ0) is 15.1. The van der Waals surface area contributed by atoms with Crippen LogP contribution in [-0.2, 0) is 11.2 Å². The van der Waals surface area contributed by atoms with Crippen molar-refractivity contribution >= 4 is 22.9 Å². The molecule has 1 heterocycles. The van der Waals surface area contributed by atoms with Gasteiger partial charge in [0.1, 0.15) is 5.82 Å². The molecule has 0 atom stereocenters. The highest BCUT2D eigenvalue weighted by atomic mass is 32.1. The zero-order valence-corrected chi connectivity index (χ0v) is 12.0. The molecule has 0 unspecified atom stereocenters. The fraction of sp³-hybridized carbons (Fsp3) is 0.188. The number of carbonyl (C=O) groups is 1. The highest BCUT2D eigenvalue weighted by molar-refractivity contribution is 7.08. The van der Waals surface area contributed by atoms with E-state index in [9.17, 15) is 9.18 Å². The highest BCUT2D eigenvalue weighted by Gasteiger charge is 2.08. The largest absolute Gasteiger partial charge is 0.395 e. The monoisotopic (exact) mass is 303 g/mol. The van der Waals surface area contributed by atoms with Crippen LogP contribution in [0.25, 0.3) is 0 Å². The van der Waals surface area contributed by atoms with Crippen LogP contribution in [0.15, 0.2) is 35.0 Å². The van der Waals surface area contributed by atoms with Crippen LogP contribution in [0, 0.1) is 17.7 Å². The summed E-state index contributed by atoms with van der Waals surface area (Å²) < 4.78 is 13.9. The molecule has 5 heteroatoms. The van der Waals surface area contributed by atoms with Gasteiger partial charge in [0.15, 0.2) is 0 Å². The first kappa shape index (κ1) is 15.2. The Morgan fingerprint density at radius 3 is 2.90 bits per heavy atom. The minimum atomic E-state index is -0.524. The van der Waals surface area contributed by atoms with Crippen molar-refractivity contribution in [1.82, 2.24) is 0 Å². The molecule has 1 amide bonds. The number of thiophene rings is 1. The van der Waals surface area contributed by atoms with Crippen LogP contribution < -0.4 is 5.32 Å². The van der Waals surface area contributed by atoms with E-state index in [1.165, 1.54) is 23.5 Å². The van der Waals surface area contributed by atoms with E-state index in [4.69, 9.17) is 5.11 Å². The van der Waals surface area contributed by atoms with Crippen molar-refractivity contribution < 1.29 is 14.3 Å². The first-order valence-corrected chi connectivity index (χ1v) is 7.33. The van der Waals surface area contributed by atoms with Crippen molar-refractivity contribution in [2.45, 2.75) is 12.8 Å². The summed E-state index contributed by atoms with van der Waals surface area (Å²) in [6.45, 7) is -0.0216. The van der Waals surface area contributed by atoms with Crippen molar-refractivity contribution in [3.63, 3.8) is 0 Å². The fourth-order valence-corrected chi connectivity index (χ4v) is 2.36. The number of benzene rings is 1. The third kappa shape index (κ3) is 4.71. The molecule has 2 N–H and O–H groups in total. The molecule has 2 aromatic rings. The topological polar surface area (TPSA) is 49.3 Å². The molecule has 2 rings (SSSR count). The molecule has 0 aliphatic rings. The number of amides is 1. The van der Waals surface area contributed by atoms with Gasteiger partial charge in [-0.15, -0.1) is 0 Å². The second-order valence-electron chi connectivity index (χ2n) is 4.33. The molecule has 0 aliphatic heterocycles. The molecule has 0 saturated heterocycles. The smallest absolute Gasteiger partial charge is 0.228 e. The summed E-state index contributed by atoms with van der Waals surface area (Å²) in [7, 11) is 0. The lowest BCUT2D eigenvalue weighted by Gasteiger charge is -2.06. The molecule has 21 heavy (non-hydrogen) atoms. The van der Waals surface area contributed by atoms with Gasteiger partial charge in [0.25, 0.3) is 0 Å². The van der Waals surface area contributed by atoms with Gasteiger partial charge in [-0.3, -0.25) is 4.79 Å². The van der Waals surface area contributed by atoms with E-state index in [2.05, 4.69) is 17.2 Å². The minimum Gasteiger partial charge on any atom is -0.395 e. The Kier molecular flexibility index (Phi) is 5.50. The number of hydrogen-bond donors (Lipinski definition) is 2. The Bertz CT molecular complexity index is 671. The predicted octanol–water partition coefficient (Wildman–Crippen LogP) is 2.80. The number of hydrogen-bond acceptors (Lipinski definition) is 3. The third-order valence-corrected chi connectivity index (χ3v) is 3.39. The maximum atomic E-state index is 13.9. The van der Waals surface area contributed by atoms with Gasteiger partial charge < -0.3 is 10.4 Å². The van der Waals surface area contributed by atoms with Crippen molar-refractivity contribution in [1.29, 1.82) is 0 Å². The van der Waals surface area contributed by atoms with E-state index in [1.54, 1.807) is 6.07 Å². The summed E-state index contributed by atoms with van der Waals surface area (Å²) >= 11 is 1.52. The number of rotatable bonds is 4. The summed E-state index contributed by atoms with van der Waals surface area (Å²) in [5, 5.41) is 14.9. The molecule has 0 saturated carbocycles. The zero-order valence-electron chi connectivity index (χ0n) is 11.2. The standard InChI is InChI=1S/C16H14FNO2S/c17-14-9-12(3-1-2-7-19)4-5-15(14)18-16(20)10-13-6-8-21-11-13/h4-6,8-9,11,19H,2,7,10H2,(H,18,20). The molecule has 0 bridgehead atoms. The number of anilines is 1. The van der Waals surface area contributed by atoms with E-state index in [1.807, 2.05) is 16.8 Å². The van der Waals surface area contributed by atoms with Gasteiger partial charge in [0.05, 0.1) is 18.7 Å². The van der Waals surface area contributed by atoms with Crippen molar-refractivity contribution in [3.05, 3.63) is 52.0 Å². The Labute approximate surface area is 126 Å². The second kappa shape index (κ2) is 7.58. The van der Waals surface area contributed by atoms with E-state index in [-0.39, 0.29) is 24.6 Å². The maximum absolute atomic E-state index is 13.9. The van der Waals surface area contributed by atoms with Gasteiger partial charge in [0, 0.05) is 12.0 Å². The van der Waals surface area contributed by atoms with Crippen LogP contribution in [-0.4, -0.2) is 17.6 Å². The van der Waals surface area contributed by atoms with E-state index >= 15 is 0 Å². The Morgan fingerprint density at radius 1 is 1.38 bits per heavy atom. The second-order valence-corrected chi connectivity index (χ2v) is 5.11. The Morgan fingerprint density at radius 2 is 2.24 bits per heavy atom. The van der Waals surface area contributed by atoms with Crippen LogP contribution in [0.2, 0.25) is 0 Å². The van der Waals surface area contributed by atoms with Gasteiger partial charge in [-0.1, -0.05) is 11.8 Å². The van der Waals surface area contributed by atoms with Crippen LogP contribution in [0.3, 0.4) is 0 Å². The van der Waals surface area contributed by atoms with Gasteiger partial charge in [0.2, 0.25) is 5.91 Å². The molecule has 0 spiro atoms. The van der Waals surface area contributed by atoms with Crippen LogP contribution in [0.4, 0.5) is 10.1 Å². The van der Waals surface area contributed by atoms with Gasteiger partial charge >= 0.3 is 0 Å². The number of aliphatic hydroxyl groups excluding tert-OH is 1. The van der Waals surface area contributed by atoms with Crippen LogP contribution >= 0.6 is 11.3 Å². The van der Waals surface area contributed by atoms with E-state index < -0.39 is 5.82 Å². The average Bonchev–Trinajstić information content (AvgIpc) is 2.95. The first-order chi connectivity index (χ1) is 10.2. The first-order valence-electron chi connectivity index (χ1n) is 6.39. The predicted molar refractivity (Wildman–Crippen MR) is 81.6 cm³/mol. The molecule has 1 aromatic carbocycles. The summed E-state index contributed by atoms with van der Waals surface area (Å²) in [6.07, 6.45) is 0.571. The molecule has 1 aromatic heterocycles. The molecule has 108 valence electrons. The minimum absolute atomic E-state index is 0.0216. The SMILES string of the molecule is O=C(Cc1ccsc1)Nc1ccc(C#CCCO)cc1F. The van der Waals surface area contributed by atoms with Gasteiger partial charge in [-0.05, 0) is 40.6 Å². The molecular formula is C16H14FNO2S. The summed E-state index contributed by atoms with van der Waals surface area (Å²) in [5.74, 6) is 4.68.